The second kappa shape index (κ2) is 8.91. The summed E-state index contributed by atoms with van der Waals surface area (Å²) in [5.41, 5.74) is 2.28. The van der Waals surface area contributed by atoms with E-state index in [1.165, 1.54) is 6.26 Å². The van der Waals surface area contributed by atoms with Crippen molar-refractivity contribution in [2.45, 2.75) is 13.5 Å². The fraction of sp³-hybridized carbons (Fsp3) is 0.261. The monoisotopic (exact) mass is 420 g/mol. The van der Waals surface area contributed by atoms with Crippen LogP contribution in [0.25, 0.3) is 0 Å². The lowest BCUT2D eigenvalue weighted by molar-refractivity contribution is -0.116. The van der Waals surface area contributed by atoms with Crippen molar-refractivity contribution in [3.63, 3.8) is 0 Å². The molecule has 31 heavy (non-hydrogen) atoms. The molecule has 2 aromatic heterocycles. The molecule has 0 saturated carbocycles. The Morgan fingerprint density at radius 2 is 1.58 bits per heavy atom. The van der Waals surface area contributed by atoms with Crippen LogP contribution in [0.1, 0.15) is 26.6 Å². The van der Waals surface area contributed by atoms with E-state index >= 15 is 0 Å². The van der Waals surface area contributed by atoms with Crippen LogP contribution in [0.15, 0.2) is 65.4 Å². The quantitative estimate of drug-likeness (QED) is 0.687. The van der Waals surface area contributed by atoms with Gasteiger partial charge in [-0.05, 0) is 43.3 Å². The Labute approximate surface area is 180 Å². The van der Waals surface area contributed by atoms with Crippen molar-refractivity contribution in [3.05, 3.63) is 78.0 Å². The summed E-state index contributed by atoms with van der Waals surface area (Å²) in [6.07, 6.45) is 3.19. The molecule has 1 saturated heterocycles. The largest absolute Gasteiger partial charge is 0.459 e. The molecule has 0 radical (unpaired) electrons. The number of aromatic nitrogens is 1. The van der Waals surface area contributed by atoms with Crippen LogP contribution in [0.5, 0.6) is 0 Å². The van der Waals surface area contributed by atoms with Crippen molar-refractivity contribution < 1.29 is 18.8 Å². The number of nitrogens with zero attached hydrogens (tertiary/aromatic N) is 3. The number of hydrogen-bond acceptors (Lipinski definition) is 4. The van der Waals surface area contributed by atoms with Crippen LogP contribution >= 0.6 is 0 Å². The summed E-state index contributed by atoms with van der Waals surface area (Å²) in [5, 5.41) is 2.85. The standard InChI is InChI=1S/C23H24N4O4/c1-17-6-8-18(9-7-17)24-21(28)16-27-10-2-4-19(27)22(29)25-11-13-26(14-12-25)23(30)20-5-3-15-31-20/h2-10,15H,11-14,16H2,1H3,(H,24,28). The molecule has 0 unspecified atom stereocenters. The van der Waals surface area contributed by atoms with Gasteiger partial charge in [0, 0.05) is 38.1 Å². The smallest absolute Gasteiger partial charge is 0.289 e. The minimum atomic E-state index is -0.206. The Hall–Kier alpha value is -3.81. The topological polar surface area (TPSA) is 87.8 Å². The third-order valence-electron chi connectivity index (χ3n) is 5.28. The molecule has 0 bridgehead atoms. The molecule has 0 atom stereocenters. The minimum absolute atomic E-state index is 0.0406. The van der Waals surface area contributed by atoms with Crippen LogP contribution in [0.4, 0.5) is 5.69 Å². The summed E-state index contributed by atoms with van der Waals surface area (Å²) in [5.74, 6) is -0.234. The number of carbonyl (C=O) groups excluding carboxylic acids is 3. The Balaban J connectivity index is 1.35. The van der Waals surface area contributed by atoms with Gasteiger partial charge >= 0.3 is 0 Å². The molecule has 1 fully saturated rings. The van der Waals surface area contributed by atoms with Crippen molar-refractivity contribution in [2.75, 3.05) is 31.5 Å². The highest BCUT2D eigenvalue weighted by Crippen LogP contribution is 2.14. The summed E-state index contributed by atoms with van der Waals surface area (Å²) in [6.45, 7) is 3.73. The van der Waals surface area contributed by atoms with Crippen LogP contribution in [-0.4, -0.2) is 58.3 Å². The fourth-order valence-corrected chi connectivity index (χ4v) is 3.57. The number of nitrogens with one attached hydrogen (secondary N) is 1. The summed E-state index contributed by atoms with van der Waals surface area (Å²) in [6, 6.07) is 14.3. The number of carbonyl (C=O) groups is 3. The molecule has 8 heteroatoms. The molecule has 3 amide bonds. The predicted molar refractivity (Wildman–Crippen MR) is 115 cm³/mol. The molecule has 1 N–H and O–H groups in total. The number of amides is 3. The van der Waals surface area contributed by atoms with E-state index in [1.807, 2.05) is 31.2 Å². The van der Waals surface area contributed by atoms with Crippen LogP contribution < -0.4 is 5.32 Å². The Morgan fingerprint density at radius 3 is 2.23 bits per heavy atom. The summed E-state index contributed by atoms with van der Waals surface area (Å²) in [4.78, 5) is 41.2. The first-order valence-electron chi connectivity index (χ1n) is 10.1. The molecule has 3 aromatic rings. The number of rotatable bonds is 5. The molecule has 3 heterocycles. The average Bonchev–Trinajstić information content (AvgIpc) is 3.47. The van der Waals surface area contributed by atoms with Gasteiger partial charge in [0.2, 0.25) is 5.91 Å². The molecule has 4 rings (SSSR count). The van der Waals surface area contributed by atoms with Crippen molar-refractivity contribution >= 4 is 23.4 Å². The number of furan rings is 1. The highest BCUT2D eigenvalue weighted by atomic mass is 16.3. The zero-order chi connectivity index (χ0) is 21.8. The highest BCUT2D eigenvalue weighted by molar-refractivity contribution is 5.95. The highest BCUT2D eigenvalue weighted by Gasteiger charge is 2.27. The van der Waals surface area contributed by atoms with Gasteiger partial charge in [-0.25, -0.2) is 0 Å². The Kier molecular flexibility index (Phi) is 5.88. The van der Waals surface area contributed by atoms with E-state index in [1.54, 1.807) is 44.8 Å². The lowest BCUT2D eigenvalue weighted by Crippen LogP contribution is -2.50. The van der Waals surface area contributed by atoms with Gasteiger partial charge in [-0.3, -0.25) is 14.4 Å². The minimum Gasteiger partial charge on any atom is -0.459 e. The number of aryl methyl sites for hydroxylation is 1. The van der Waals surface area contributed by atoms with Crippen LogP contribution in [0.2, 0.25) is 0 Å². The fourth-order valence-electron chi connectivity index (χ4n) is 3.57. The molecule has 1 aromatic carbocycles. The maximum absolute atomic E-state index is 13.0. The zero-order valence-electron chi connectivity index (χ0n) is 17.3. The molecule has 160 valence electrons. The SMILES string of the molecule is Cc1ccc(NC(=O)Cn2cccc2C(=O)N2CCN(C(=O)c3ccco3)CC2)cc1. The molecule has 0 spiro atoms. The van der Waals surface area contributed by atoms with Crippen LogP contribution in [0.3, 0.4) is 0 Å². The second-order valence-electron chi connectivity index (χ2n) is 7.50. The van der Waals surface area contributed by atoms with Gasteiger partial charge in [-0.1, -0.05) is 17.7 Å². The summed E-state index contributed by atoms with van der Waals surface area (Å²) in [7, 11) is 0. The van der Waals surface area contributed by atoms with Crippen molar-refractivity contribution in [3.8, 4) is 0 Å². The van der Waals surface area contributed by atoms with Gasteiger partial charge in [-0.2, -0.15) is 0 Å². The van der Waals surface area contributed by atoms with E-state index in [9.17, 15) is 14.4 Å². The van der Waals surface area contributed by atoms with Crippen molar-refractivity contribution in [1.29, 1.82) is 0 Å². The normalized spacial score (nSPS) is 13.8. The van der Waals surface area contributed by atoms with Gasteiger partial charge < -0.3 is 24.1 Å². The van der Waals surface area contributed by atoms with E-state index in [-0.39, 0.29) is 24.3 Å². The van der Waals surface area contributed by atoms with E-state index < -0.39 is 0 Å². The third kappa shape index (κ3) is 4.69. The first kappa shape index (κ1) is 20.5. The van der Waals surface area contributed by atoms with Crippen LogP contribution in [-0.2, 0) is 11.3 Å². The second-order valence-corrected chi connectivity index (χ2v) is 7.50. The van der Waals surface area contributed by atoms with E-state index in [0.29, 0.717) is 43.3 Å². The molecule has 0 aliphatic carbocycles. The molecular formula is C23H24N4O4. The van der Waals surface area contributed by atoms with Gasteiger partial charge in [0.05, 0.1) is 6.26 Å². The van der Waals surface area contributed by atoms with Gasteiger partial charge in [0.1, 0.15) is 12.2 Å². The number of benzene rings is 1. The summed E-state index contributed by atoms with van der Waals surface area (Å²) >= 11 is 0. The van der Waals surface area contributed by atoms with Gasteiger partial charge in [0.25, 0.3) is 11.8 Å². The van der Waals surface area contributed by atoms with E-state index in [4.69, 9.17) is 4.42 Å². The maximum atomic E-state index is 13.0. The maximum Gasteiger partial charge on any atom is 0.289 e. The lowest BCUT2D eigenvalue weighted by Gasteiger charge is -2.34. The Bertz CT molecular complexity index is 1060. The van der Waals surface area contributed by atoms with Gasteiger partial charge in [-0.15, -0.1) is 0 Å². The predicted octanol–water partition coefficient (Wildman–Crippen LogP) is 2.63. The average molecular weight is 420 g/mol. The molecular weight excluding hydrogens is 396 g/mol. The first-order valence-corrected chi connectivity index (χ1v) is 10.1. The molecule has 1 aliphatic heterocycles. The van der Waals surface area contributed by atoms with Crippen molar-refractivity contribution in [1.82, 2.24) is 14.4 Å². The number of hydrogen-bond donors (Lipinski definition) is 1. The van der Waals surface area contributed by atoms with E-state index in [2.05, 4.69) is 5.32 Å². The number of piperazine rings is 1. The summed E-state index contributed by atoms with van der Waals surface area (Å²) < 4.78 is 6.81. The van der Waals surface area contributed by atoms with Crippen LogP contribution in [0, 0.1) is 6.92 Å². The molecule has 1 aliphatic rings. The van der Waals surface area contributed by atoms with E-state index in [0.717, 1.165) is 5.56 Å². The lowest BCUT2D eigenvalue weighted by atomic mass is 10.2. The Morgan fingerprint density at radius 1 is 0.903 bits per heavy atom. The van der Waals surface area contributed by atoms with Gasteiger partial charge in [0.15, 0.2) is 5.76 Å². The zero-order valence-corrected chi connectivity index (χ0v) is 17.3. The molecule has 8 nitrogen and oxygen atoms in total. The van der Waals surface area contributed by atoms with Crippen molar-refractivity contribution in [2.24, 2.45) is 0 Å². The number of anilines is 1. The first-order chi connectivity index (χ1) is 15.0. The third-order valence-corrected chi connectivity index (χ3v) is 5.28.